The zero-order chi connectivity index (χ0) is 21.9. The fourth-order valence-electron chi connectivity index (χ4n) is 2.37. The maximum atomic E-state index is 13.1. The predicted octanol–water partition coefficient (Wildman–Crippen LogP) is 5.16. The number of sulfonamides is 1. The van der Waals surface area contributed by atoms with Gasteiger partial charge in [0.15, 0.2) is 5.76 Å². The Hall–Kier alpha value is -2.69. The van der Waals surface area contributed by atoms with Crippen molar-refractivity contribution in [3.05, 3.63) is 57.5 Å². The first-order chi connectivity index (χ1) is 14.2. The molecule has 0 fully saturated rings. The fourth-order valence-corrected chi connectivity index (χ4v) is 4.95. The molecule has 1 aromatic carbocycles. The van der Waals surface area contributed by atoms with Crippen molar-refractivity contribution in [3.63, 3.8) is 0 Å². The standard InChI is InChI=1S/C19H17ClFN3O4S2/c1-3-17(25)22-19-11(2)23-28-16(19)8-5-13-6-9-18(29-13)30(26,27)24-15-7-4-12(21)10-14(15)20/h4-10,24H,3H2,1-2H3,(H,22,25)/b8-5+. The number of halogens is 2. The number of carbonyl (C=O) groups is 1. The van der Waals surface area contributed by atoms with Crippen LogP contribution in [0.1, 0.15) is 29.7 Å². The number of thiophene rings is 1. The zero-order valence-corrected chi connectivity index (χ0v) is 18.3. The van der Waals surface area contributed by atoms with Crippen molar-refractivity contribution in [2.75, 3.05) is 10.0 Å². The molecule has 0 bridgehead atoms. The van der Waals surface area contributed by atoms with Crippen LogP contribution in [0.5, 0.6) is 0 Å². The molecule has 0 atom stereocenters. The van der Waals surface area contributed by atoms with Crippen LogP contribution in [0.25, 0.3) is 12.2 Å². The van der Waals surface area contributed by atoms with Crippen LogP contribution in [0.3, 0.4) is 0 Å². The van der Waals surface area contributed by atoms with Crippen molar-refractivity contribution in [3.8, 4) is 0 Å². The lowest BCUT2D eigenvalue weighted by Crippen LogP contribution is -2.11. The third-order valence-corrected chi connectivity index (χ3v) is 7.14. The Balaban J connectivity index is 1.79. The average Bonchev–Trinajstić information content (AvgIpc) is 3.30. The van der Waals surface area contributed by atoms with Crippen LogP contribution in [-0.4, -0.2) is 19.5 Å². The zero-order valence-electron chi connectivity index (χ0n) is 15.9. The van der Waals surface area contributed by atoms with Gasteiger partial charge in [0.1, 0.15) is 21.4 Å². The monoisotopic (exact) mass is 469 g/mol. The molecule has 0 aliphatic rings. The van der Waals surface area contributed by atoms with E-state index in [0.29, 0.717) is 28.4 Å². The van der Waals surface area contributed by atoms with Crippen LogP contribution in [0, 0.1) is 12.7 Å². The lowest BCUT2D eigenvalue weighted by Gasteiger charge is -2.07. The Morgan fingerprint density at radius 3 is 2.77 bits per heavy atom. The second-order valence-electron chi connectivity index (χ2n) is 6.13. The van der Waals surface area contributed by atoms with Gasteiger partial charge in [-0.2, -0.15) is 0 Å². The van der Waals surface area contributed by atoms with Gasteiger partial charge in [-0.15, -0.1) is 11.3 Å². The largest absolute Gasteiger partial charge is 0.354 e. The van der Waals surface area contributed by atoms with Gasteiger partial charge >= 0.3 is 0 Å². The number of benzene rings is 1. The minimum absolute atomic E-state index is 0.0439. The van der Waals surface area contributed by atoms with Gasteiger partial charge in [0, 0.05) is 11.3 Å². The molecular formula is C19H17ClFN3O4S2. The first-order valence-corrected chi connectivity index (χ1v) is 11.4. The van der Waals surface area contributed by atoms with Gasteiger partial charge in [0.25, 0.3) is 10.0 Å². The summed E-state index contributed by atoms with van der Waals surface area (Å²) in [5, 5.41) is 6.52. The summed E-state index contributed by atoms with van der Waals surface area (Å²) >= 11 is 6.90. The molecule has 0 spiro atoms. The summed E-state index contributed by atoms with van der Waals surface area (Å²) in [6.45, 7) is 3.43. The number of carbonyl (C=O) groups excluding carboxylic acids is 1. The Labute approximate surface area is 181 Å². The first kappa shape index (κ1) is 22.0. The molecule has 1 amide bonds. The lowest BCUT2D eigenvalue weighted by atomic mass is 10.2. The number of rotatable bonds is 7. The van der Waals surface area contributed by atoms with Gasteiger partial charge in [0.05, 0.1) is 10.7 Å². The summed E-state index contributed by atoms with van der Waals surface area (Å²) in [5.74, 6) is -0.391. The third-order valence-electron chi connectivity index (χ3n) is 3.92. The van der Waals surface area contributed by atoms with E-state index in [2.05, 4.69) is 15.2 Å². The highest BCUT2D eigenvalue weighted by Gasteiger charge is 2.18. The molecule has 30 heavy (non-hydrogen) atoms. The van der Waals surface area contributed by atoms with Crippen LogP contribution in [0.4, 0.5) is 15.8 Å². The molecule has 2 heterocycles. The highest BCUT2D eigenvalue weighted by Crippen LogP contribution is 2.30. The molecular weight excluding hydrogens is 453 g/mol. The van der Waals surface area contributed by atoms with Crippen molar-refractivity contribution >= 4 is 62.4 Å². The number of anilines is 2. The number of hydrogen-bond acceptors (Lipinski definition) is 6. The molecule has 11 heteroatoms. The van der Waals surface area contributed by atoms with Crippen molar-refractivity contribution in [2.24, 2.45) is 0 Å². The van der Waals surface area contributed by atoms with Gasteiger partial charge in [-0.1, -0.05) is 23.7 Å². The Morgan fingerprint density at radius 2 is 2.07 bits per heavy atom. The average molecular weight is 470 g/mol. The molecule has 0 saturated carbocycles. The van der Waals surface area contributed by atoms with Gasteiger partial charge in [-0.25, -0.2) is 12.8 Å². The summed E-state index contributed by atoms with van der Waals surface area (Å²) in [7, 11) is -3.90. The maximum Gasteiger partial charge on any atom is 0.271 e. The van der Waals surface area contributed by atoms with E-state index in [0.717, 1.165) is 23.5 Å². The lowest BCUT2D eigenvalue weighted by molar-refractivity contribution is -0.115. The van der Waals surface area contributed by atoms with Crippen molar-refractivity contribution in [1.82, 2.24) is 5.16 Å². The van der Waals surface area contributed by atoms with Gasteiger partial charge in [0.2, 0.25) is 5.91 Å². The van der Waals surface area contributed by atoms with Crippen molar-refractivity contribution in [2.45, 2.75) is 24.5 Å². The van der Waals surface area contributed by atoms with E-state index in [-0.39, 0.29) is 20.8 Å². The predicted molar refractivity (Wildman–Crippen MR) is 116 cm³/mol. The van der Waals surface area contributed by atoms with E-state index in [1.54, 1.807) is 32.1 Å². The van der Waals surface area contributed by atoms with Crippen LogP contribution in [-0.2, 0) is 14.8 Å². The molecule has 3 aromatic rings. The van der Waals surface area contributed by atoms with Crippen LogP contribution in [0.15, 0.2) is 39.1 Å². The number of nitrogens with zero attached hydrogens (tertiary/aromatic N) is 1. The summed E-state index contributed by atoms with van der Waals surface area (Å²) in [4.78, 5) is 12.3. The first-order valence-electron chi connectivity index (χ1n) is 8.71. The molecule has 0 saturated heterocycles. The molecule has 0 radical (unpaired) electrons. The summed E-state index contributed by atoms with van der Waals surface area (Å²) < 4.78 is 45.9. The van der Waals surface area contributed by atoms with Crippen LogP contribution >= 0.6 is 22.9 Å². The SMILES string of the molecule is CCC(=O)Nc1c(C)noc1/C=C/c1ccc(S(=O)(=O)Nc2ccc(F)cc2Cl)s1. The van der Waals surface area contributed by atoms with E-state index in [4.69, 9.17) is 16.1 Å². The fraction of sp³-hybridized carbons (Fsp3) is 0.158. The highest BCUT2D eigenvalue weighted by atomic mass is 35.5. The van der Waals surface area contributed by atoms with Crippen LogP contribution < -0.4 is 10.0 Å². The molecule has 3 rings (SSSR count). The Bertz CT molecular complexity index is 1220. The molecule has 0 aliphatic carbocycles. The summed E-state index contributed by atoms with van der Waals surface area (Å²) in [6, 6.07) is 6.45. The van der Waals surface area contributed by atoms with E-state index < -0.39 is 15.8 Å². The minimum Gasteiger partial charge on any atom is -0.354 e. The molecule has 0 unspecified atom stereocenters. The van der Waals surface area contributed by atoms with E-state index >= 15 is 0 Å². The number of aromatic nitrogens is 1. The Kier molecular flexibility index (Phi) is 6.59. The smallest absolute Gasteiger partial charge is 0.271 e. The summed E-state index contributed by atoms with van der Waals surface area (Å²) in [5.41, 5.74) is 1.08. The molecule has 2 N–H and O–H groups in total. The second-order valence-corrected chi connectivity index (χ2v) is 9.56. The van der Waals surface area contributed by atoms with Gasteiger partial charge in [-0.05, 0) is 49.4 Å². The van der Waals surface area contributed by atoms with E-state index in [1.807, 2.05) is 0 Å². The van der Waals surface area contributed by atoms with Gasteiger partial charge in [-0.3, -0.25) is 9.52 Å². The Morgan fingerprint density at radius 1 is 1.30 bits per heavy atom. The van der Waals surface area contributed by atoms with Crippen molar-refractivity contribution in [1.29, 1.82) is 0 Å². The molecule has 2 aromatic heterocycles. The number of hydrogen-bond donors (Lipinski definition) is 2. The summed E-state index contributed by atoms with van der Waals surface area (Å²) in [6.07, 6.45) is 3.55. The molecule has 0 aliphatic heterocycles. The minimum atomic E-state index is -3.90. The van der Waals surface area contributed by atoms with E-state index in [9.17, 15) is 17.6 Å². The third kappa shape index (κ3) is 5.07. The highest BCUT2D eigenvalue weighted by molar-refractivity contribution is 7.94. The quantitative estimate of drug-likeness (QED) is 0.498. The second kappa shape index (κ2) is 8.99. The van der Waals surface area contributed by atoms with Crippen LogP contribution in [0.2, 0.25) is 5.02 Å². The number of aryl methyl sites for hydroxylation is 1. The van der Waals surface area contributed by atoms with Gasteiger partial charge < -0.3 is 9.84 Å². The molecule has 158 valence electrons. The number of amides is 1. The van der Waals surface area contributed by atoms with Crippen molar-refractivity contribution < 1.29 is 22.1 Å². The maximum absolute atomic E-state index is 13.1. The van der Waals surface area contributed by atoms with E-state index in [1.165, 1.54) is 12.1 Å². The molecule has 7 nitrogen and oxygen atoms in total. The topological polar surface area (TPSA) is 101 Å². The number of nitrogens with one attached hydrogen (secondary N) is 2. The normalized spacial score (nSPS) is 11.7.